The summed E-state index contributed by atoms with van der Waals surface area (Å²) < 4.78 is 4.94. The van der Waals surface area contributed by atoms with E-state index in [2.05, 4.69) is 13.5 Å². The fourth-order valence-corrected chi connectivity index (χ4v) is 0.470. The van der Waals surface area contributed by atoms with Gasteiger partial charge in [-0.05, 0) is 12.3 Å². The molecular weight excluding hydrogens is 114 g/mol. The number of ether oxygens (including phenoxy) is 1. The number of rotatable bonds is 5. The lowest BCUT2D eigenvalue weighted by molar-refractivity contribution is 0.132. The first kappa shape index (κ1) is 8.66. The fraction of sp³-hybridized carbons (Fsp3) is 0.714. The van der Waals surface area contributed by atoms with Crippen molar-refractivity contribution in [2.24, 2.45) is 11.7 Å². The van der Waals surface area contributed by atoms with Crippen LogP contribution in [0, 0.1) is 5.92 Å². The van der Waals surface area contributed by atoms with E-state index in [9.17, 15) is 0 Å². The molecule has 0 aromatic carbocycles. The summed E-state index contributed by atoms with van der Waals surface area (Å²) in [5.41, 5.74) is 5.11. The van der Waals surface area contributed by atoms with Gasteiger partial charge in [0.25, 0.3) is 0 Å². The Morgan fingerprint density at radius 1 is 1.78 bits per heavy atom. The van der Waals surface area contributed by atoms with E-state index in [1.165, 1.54) is 0 Å². The fourth-order valence-electron chi connectivity index (χ4n) is 0.470. The predicted octanol–water partition coefficient (Wildman–Crippen LogP) is 1.13. The van der Waals surface area contributed by atoms with Gasteiger partial charge in [0.2, 0.25) is 0 Å². The summed E-state index contributed by atoms with van der Waals surface area (Å²) in [6.07, 6.45) is 2.93. The maximum absolute atomic E-state index is 5.11. The van der Waals surface area contributed by atoms with Crippen LogP contribution in [0.4, 0.5) is 0 Å². The van der Waals surface area contributed by atoms with E-state index >= 15 is 0 Å². The lowest BCUT2D eigenvalue weighted by Gasteiger charge is -2.03. The van der Waals surface area contributed by atoms with Gasteiger partial charge in [0, 0.05) is 6.61 Å². The second-order valence-electron chi connectivity index (χ2n) is 2.08. The van der Waals surface area contributed by atoms with Crippen molar-refractivity contribution in [3.8, 4) is 0 Å². The monoisotopic (exact) mass is 129 g/mol. The first-order valence-electron chi connectivity index (χ1n) is 3.21. The highest BCUT2D eigenvalue weighted by molar-refractivity contribution is 4.74. The predicted molar refractivity (Wildman–Crippen MR) is 39.0 cm³/mol. The summed E-state index contributed by atoms with van der Waals surface area (Å²) in [5, 5.41) is 0. The van der Waals surface area contributed by atoms with Gasteiger partial charge in [-0.1, -0.05) is 13.0 Å². The minimum atomic E-state index is 0.323. The summed E-state index contributed by atoms with van der Waals surface area (Å²) in [7, 11) is 0. The zero-order valence-corrected chi connectivity index (χ0v) is 5.97. The van der Waals surface area contributed by atoms with Crippen LogP contribution in [0.2, 0.25) is 0 Å². The molecule has 0 radical (unpaired) electrons. The molecular formula is C7H15NO. The number of hydrogen-bond donors (Lipinski definition) is 1. The number of nitrogens with two attached hydrogens (primary N) is 1. The van der Waals surface area contributed by atoms with Crippen LogP contribution in [-0.2, 0) is 4.74 Å². The molecule has 0 aromatic rings. The molecule has 54 valence electrons. The number of hydrogen-bond acceptors (Lipinski definition) is 2. The van der Waals surface area contributed by atoms with Crippen molar-refractivity contribution in [2.75, 3.05) is 13.3 Å². The molecule has 1 atom stereocenters. The first-order valence-corrected chi connectivity index (χ1v) is 3.21. The molecule has 2 nitrogen and oxygen atoms in total. The zero-order valence-electron chi connectivity index (χ0n) is 5.97. The van der Waals surface area contributed by atoms with Crippen LogP contribution in [0.25, 0.3) is 0 Å². The third kappa shape index (κ3) is 5.53. The smallest absolute Gasteiger partial charge is 0.0940 e. The SMILES string of the molecule is C=CC(C)CCOCN. The van der Waals surface area contributed by atoms with Crippen molar-refractivity contribution in [1.29, 1.82) is 0 Å². The molecule has 0 aliphatic rings. The highest BCUT2D eigenvalue weighted by Gasteiger charge is 1.93. The highest BCUT2D eigenvalue weighted by atomic mass is 16.5. The molecule has 9 heavy (non-hydrogen) atoms. The quantitative estimate of drug-likeness (QED) is 0.343. The molecule has 0 aliphatic heterocycles. The summed E-state index contributed by atoms with van der Waals surface area (Å²) in [6.45, 7) is 6.82. The zero-order chi connectivity index (χ0) is 7.11. The van der Waals surface area contributed by atoms with E-state index in [0.717, 1.165) is 13.0 Å². The van der Waals surface area contributed by atoms with Gasteiger partial charge in [-0.3, -0.25) is 0 Å². The van der Waals surface area contributed by atoms with Gasteiger partial charge in [0.1, 0.15) is 0 Å². The van der Waals surface area contributed by atoms with Crippen LogP contribution in [0.3, 0.4) is 0 Å². The van der Waals surface area contributed by atoms with Crippen LogP contribution < -0.4 is 5.73 Å². The van der Waals surface area contributed by atoms with E-state index in [-0.39, 0.29) is 0 Å². The van der Waals surface area contributed by atoms with E-state index in [4.69, 9.17) is 10.5 Å². The molecule has 0 heterocycles. The first-order chi connectivity index (χ1) is 4.31. The third-order valence-electron chi connectivity index (χ3n) is 1.24. The molecule has 0 bridgehead atoms. The summed E-state index contributed by atoms with van der Waals surface area (Å²) in [4.78, 5) is 0. The van der Waals surface area contributed by atoms with Crippen LogP contribution in [0.1, 0.15) is 13.3 Å². The van der Waals surface area contributed by atoms with Gasteiger partial charge in [-0.15, -0.1) is 6.58 Å². The van der Waals surface area contributed by atoms with Gasteiger partial charge >= 0.3 is 0 Å². The Hall–Kier alpha value is -0.340. The Morgan fingerprint density at radius 3 is 2.89 bits per heavy atom. The van der Waals surface area contributed by atoms with Crippen molar-refractivity contribution in [3.63, 3.8) is 0 Å². The molecule has 2 heteroatoms. The van der Waals surface area contributed by atoms with Crippen molar-refractivity contribution in [3.05, 3.63) is 12.7 Å². The molecule has 0 saturated carbocycles. The molecule has 0 amide bonds. The standard InChI is InChI=1S/C7H15NO/c1-3-7(2)4-5-9-6-8/h3,7H,1,4-6,8H2,2H3. The normalized spacial score (nSPS) is 13.1. The number of allylic oxidation sites excluding steroid dienone is 1. The minimum absolute atomic E-state index is 0.323. The molecule has 0 spiro atoms. The molecule has 1 unspecified atom stereocenters. The average Bonchev–Trinajstić information content (AvgIpc) is 1.89. The van der Waals surface area contributed by atoms with Crippen LogP contribution in [0.5, 0.6) is 0 Å². The minimum Gasteiger partial charge on any atom is -0.367 e. The second-order valence-corrected chi connectivity index (χ2v) is 2.08. The largest absolute Gasteiger partial charge is 0.367 e. The Morgan fingerprint density at radius 2 is 2.44 bits per heavy atom. The molecule has 0 fully saturated rings. The van der Waals surface area contributed by atoms with Gasteiger partial charge in [-0.25, -0.2) is 0 Å². The van der Waals surface area contributed by atoms with E-state index < -0.39 is 0 Å². The summed E-state index contributed by atoms with van der Waals surface area (Å²) >= 11 is 0. The maximum Gasteiger partial charge on any atom is 0.0940 e. The van der Waals surface area contributed by atoms with E-state index in [1.807, 2.05) is 6.08 Å². The van der Waals surface area contributed by atoms with E-state index in [0.29, 0.717) is 12.6 Å². The van der Waals surface area contributed by atoms with Gasteiger partial charge in [0.05, 0.1) is 6.73 Å². The van der Waals surface area contributed by atoms with Crippen molar-refractivity contribution in [1.82, 2.24) is 0 Å². The van der Waals surface area contributed by atoms with Crippen LogP contribution >= 0.6 is 0 Å². The summed E-state index contributed by atoms with van der Waals surface area (Å²) in [6, 6.07) is 0. The van der Waals surface area contributed by atoms with Gasteiger partial charge in [-0.2, -0.15) is 0 Å². The Kier molecular flexibility index (Phi) is 5.57. The Balaban J connectivity index is 2.96. The van der Waals surface area contributed by atoms with Crippen molar-refractivity contribution in [2.45, 2.75) is 13.3 Å². The maximum atomic E-state index is 5.11. The average molecular weight is 129 g/mol. The highest BCUT2D eigenvalue weighted by Crippen LogP contribution is 2.00. The van der Waals surface area contributed by atoms with E-state index in [1.54, 1.807) is 0 Å². The van der Waals surface area contributed by atoms with Crippen molar-refractivity contribution >= 4 is 0 Å². The van der Waals surface area contributed by atoms with Crippen LogP contribution in [-0.4, -0.2) is 13.3 Å². The van der Waals surface area contributed by atoms with Gasteiger partial charge in [0.15, 0.2) is 0 Å². The second kappa shape index (κ2) is 5.79. The molecule has 0 rings (SSSR count). The Bertz CT molecular complexity index is 73.3. The molecule has 0 aromatic heterocycles. The Labute approximate surface area is 56.7 Å². The topological polar surface area (TPSA) is 35.2 Å². The molecule has 0 saturated heterocycles. The molecule has 2 N–H and O–H groups in total. The summed E-state index contributed by atoms with van der Waals surface area (Å²) in [5.74, 6) is 0.538. The lowest BCUT2D eigenvalue weighted by Crippen LogP contribution is -2.07. The van der Waals surface area contributed by atoms with Gasteiger partial charge < -0.3 is 10.5 Å². The lowest BCUT2D eigenvalue weighted by atomic mass is 10.1. The van der Waals surface area contributed by atoms with Crippen molar-refractivity contribution < 1.29 is 4.74 Å². The van der Waals surface area contributed by atoms with Crippen LogP contribution in [0.15, 0.2) is 12.7 Å². The molecule has 0 aliphatic carbocycles. The third-order valence-corrected chi connectivity index (χ3v) is 1.24.